The molecule has 90 valence electrons. The van der Waals surface area contributed by atoms with Crippen LogP contribution in [0.25, 0.3) is 0 Å². The summed E-state index contributed by atoms with van der Waals surface area (Å²) in [5.41, 5.74) is 4.40. The summed E-state index contributed by atoms with van der Waals surface area (Å²) < 4.78 is 0. The molecule has 1 N–H and O–H groups in total. The largest absolute Gasteiger partial charge is 0.310 e. The smallest absolute Gasteiger partial charge is 0.0369 e. The first kappa shape index (κ1) is 13.2. The minimum Gasteiger partial charge on any atom is -0.310 e. The highest BCUT2D eigenvalue weighted by Gasteiger charge is 2.25. The lowest BCUT2D eigenvalue weighted by molar-refractivity contribution is 0.276. The van der Waals surface area contributed by atoms with Crippen molar-refractivity contribution in [3.8, 4) is 0 Å². The molecule has 0 heterocycles. The van der Waals surface area contributed by atoms with Crippen molar-refractivity contribution >= 4 is 0 Å². The zero-order valence-corrected chi connectivity index (χ0v) is 11.5. The second-order valence-electron chi connectivity index (χ2n) is 5.70. The van der Waals surface area contributed by atoms with Crippen LogP contribution in [0.4, 0.5) is 0 Å². The van der Waals surface area contributed by atoms with Crippen molar-refractivity contribution in [2.24, 2.45) is 5.41 Å². The Labute approximate surface area is 100 Å². The molecule has 1 atom stereocenters. The van der Waals surface area contributed by atoms with E-state index in [1.807, 2.05) is 0 Å². The maximum Gasteiger partial charge on any atom is 0.0369 e. The van der Waals surface area contributed by atoms with Crippen molar-refractivity contribution in [1.82, 2.24) is 5.32 Å². The van der Waals surface area contributed by atoms with Crippen molar-refractivity contribution in [1.29, 1.82) is 0 Å². The highest BCUT2D eigenvalue weighted by molar-refractivity contribution is 5.32. The van der Waals surface area contributed by atoms with E-state index in [4.69, 9.17) is 0 Å². The molecule has 0 aliphatic heterocycles. The number of aryl methyl sites for hydroxylation is 2. The van der Waals surface area contributed by atoms with Crippen LogP contribution in [-0.2, 0) is 0 Å². The number of hydrogen-bond acceptors (Lipinski definition) is 1. The standard InChI is InChI=1S/C15H25N/c1-7-16-14(15(4,5)6)13-9-8-11(2)12(3)10-13/h8-10,14,16H,7H2,1-6H3. The molecule has 1 aromatic carbocycles. The zero-order valence-electron chi connectivity index (χ0n) is 11.5. The van der Waals surface area contributed by atoms with Gasteiger partial charge in [0.05, 0.1) is 0 Å². The molecule has 16 heavy (non-hydrogen) atoms. The van der Waals surface area contributed by atoms with E-state index < -0.39 is 0 Å². The number of benzene rings is 1. The highest BCUT2D eigenvalue weighted by Crippen LogP contribution is 2.33. The van der Waals surface area contributed by atoms with Gasteiger partial charge < -0.3 is 5.32 Å². The first-order valence-corrected chi connectivity index (χ1v) is 6.16. The van der Waals surface area contributed by atoms with Crippen molar-refractivity contribution in [3.63, 3.8) is 0 Å². The summed E-state index contributed by atoms with van der Waals surface area (Å²) in [6.07, 6.45) is 0. The van der Waals surface area contributed by atoms with Crippen LogP contribution in [0, 0.1) is 19.3 Å². The van der Waals surface area contributed by atoms with Crippen molar-refractivity contribution < 1.29 is 0 Å². The monoisotopic (exact) mass is 219 g/mol. The predicted octanol–water partition coefficient (Wildman–Crippen LogP) is 4.00. The third kappa shape index (κ3) is 3.08. The fraction of sp³-hybridized carbons (Fsp3) is 0.600. The summed E-state index contributed by atoms with van der Waals surface area (Å²) in [6, 6.07) is 7.21. The van der Waals surface area contributed by atoms with Gasteiger partial charge in [0.1, 0.15) is 0 Å². The van der Waals surface area contributed by atoms with Crippen LogP contribution in [0.1, 0.15) is 50.4 Å². The Morgan fingerprint density at radius 1 is 1.12 bits per heavy atom. The minimum atomic E-state index is 0.248. The second kappa shape index (κ2) is 5.01. The lowest BCUT2D eigenvalue weighted by atomic mass is 9.81. The van der Waals surface area contributed by atoms with E-state index in [0.29, 0.717) is 6.04 Å². The van der Waals surface area contributed by atoms with Gasteiger partial charge in [0.15, 0.2) is 0 Å². The van der Waals surface area contributed by atoms with Crippen LogP contribution in [0.2, 0.25) is 0 Å². The molecular formula is C15H25N. The van der Waals surface area contributed by atoms with Gasteiger partial charge in [-0.15, -0.1) is 0 Å². The van der Waals surface area contributed by atoms with Gasteiger partial charge in [-0.25, -0.2) is 0 Å². The fourth-order valence-corrected chi connectivity index (χ4v) is 2.07. The zero-order chi connectivity index (χ0) is 12.3. The highest BCUT2D eigenvalue weighted by atomic mass is 14.9. The van der Waals surface area contributed by atoms with Crippen LogP contribution in [0.3, 0.4) is 0 Å². The van der Waals surface area contributed by atoms with E-state index >= 15 is 0 Å². The summed E-state index contributed by atoms with van der Waals surface area (Å²) in [5.74, 6) is 0. The van der Waals surface area contributed by atoms with E-state index in [0.717, 1.165) is 6.54 Å². The quantitative estimate of drug-likeness (QED) is 0.810. The summed E-state index contributed by atoms with van der Waals surface area (Å²) >= 11 is 0. The Kier molecular flexibility index (Phi) is 4.15. The first-order chi connectivity index (χ1) is 7.36. The van der Waals surface area contributed by atoms with Crippen molar-refractivity contribution in [2.75, 3.05) is 6.54 Å². The number of hydrogen-bond donors (Lipinski definition) is 1. The number of rotatable bonds is 3. The normalized spacial score (nSPS) is 13.9. The molecule has 0 spiro atoms. The molecule has 1 unspecified atom stereocenters. The van der Waals surface area contributed by atoms with Gasteiger partial charge in [-0.3, -0.25) is 0 Å². The summed E-state index contributed by atoms with van der Waals surface area (Å²) in [4.78, 5) is 0. The van der Waals surface area contributed by atoms with E-state index in [2.05, 4.69) is 65.1 Å². The molecule has 0 saturated heterocycles. The summed E-state index contributed by atoms with van der Waals surface area (Å²) in [5, 5.41) is 3.59. The third-order valence-electron chi connectivity index (χ3n) is 3.14. The molecular weight excluding hydrogens is 194 g/mol. The first-order valence-electron chi connectivity index (χ1n) is 6.16. The van der Waals surface area contributed by atoms with Gasteiger partial charge in [-0.05, 0) is 42.5 Å². The van der Waals surface area contributed by atoms with E-state index in [-0.39, 0.29) is 5.41 Å². The molecule has 0 radical (unpaired) electrons. The molecule has 1 rings (SSSR count). The maximum atomic E-state index is 3.59. The van der Waals surface area contributed by atoms with Gasteiger partial charge in [0, 0.05) is 6.04 Å². The molecule has 0 saturated carbocycles. The molecule has 1 aromatic rings. The molecule has 0 bridgehead atoms. The number of nitrogens with one attached hydrogen (secondary N) is 1. The fourth-order valence-electron chi connectivity index (χ4n) is 2.07. The minimum absolute atomic E-state index is 0.248. The van der Waals surface area contributed by atoms with Crippen LogP contribution in [-0.4, -0.2) is 6.54 Å². The van der Waals surface area contributed by atoms with Gasteiger partial charge in [0.2, 0.25) is 0 Å². The Morgan fingerprint density at radius 2 is 1.75 bits per heavy atom. The van der Waals surface area contributed by atoms with Gasteiger partial charge in [-0.1, -0.05) is 45.9 Å². The lowest BCUT2D eigenvalue weighted by Gasteiger charge is -2.32. The van der Waals surface area contributed by atoms with Crippen LogP contribution < -0.4 is 5.32 Å². The van der Waals surface area contributed by atoms with Gasteiger partial charge in [-0.2, -0.15) is 0 Å². The predicted molar refractivity (Wildman–Crippen MR) is 71.8 cm³/mol. The molecule has 1 nitrogen and oxygen atoms in total. The third-order valence-corrected chi connectivity index (χ3v) is 3.14. The lowest BCUT2D eigenvalue weighted by Crippen LogP contribution is -2.32. The average molecular weight is 219 g/mol. The van der Waals surface area contributed by atoms with E-state index in [9.17, 15) is 0 Å². The van der Waals surface area contributed by atoms with Crippen LogP contribution in [0.5, 0.6) is 0 Å². The van der Waals surface area contributed by atoms with E-state index in [1.54, 1.807) is 0 Å². The molecule has 0 aliphatic rings. The molecule has 0 aromatic heterocycles. The maximum absolute atomic E-state index is 3.59. The summed E-state index contributed by atoms with van der Waals surface area (Å²) in [7, 11) is 0. The van der Waals surface area contributed by atoms with E-state index in [1.165, 1.54) is 16.7 Å². The topological polar surface area (TPSA) is 12.0 Å². The Balaban J connectivity index is 3.06. The van der Waals surface area contributed by atoms with Crippen LogP contribution >= 0.6 is 0 Å². The average Bonchev–Trinajstić information content (AvgIpc) is 2.17. The second-order valence-corrected chi connectivity index (χ2v) is 5.70. The Hall–Kier alpha value is -0.820. The molecule has 0 amide bonds. The van der Waals surface area contributed by atoms with Crippen molar-refractivity contribution in [2.45, 2.75) is 47.6 Å². The SMILES string of the molecule is CCNC(c1ccc(C)c(C)c1)C(C)(C)C. The Bertz CT molecular complexity index is 347. The summed E-state index contributed by atoms with van der Waals surface area (Å²) in [6.45, 7) is 14.4. The van der Waals surface area contributed by atoms with Crippen molar-refractivity contribution in [3.05, 3.63) is 34.9 Å². The molecule has 0 fully saturated rings. The molecule has 1 heteroatoms. The van der Waals surface area contributed by atoms with Gasteiger partial charge in [0.25, 0.3) is 0 Å². The van der Waals surface area contributed by atoms with Gasteiger partial charge >= 0.3 is 0 Å². The van der Waals surface area contributed by atoms with Crippen LogP contribution in [0.15, 0.2) is 18.2 Å². The Morgan fingerprint density at radius 3 is 2.19 bits per heavy atom. The molecule has 0 aliphatic carbocycles.